The zero-order valence-corrected chi connectivity index (χ0v) is 13.8. The van der Waals surface area contributed by atoms with Crippen molar-refractivity contribution in [2.45, 2.75) is 41.5 Å². The van der Waals surface area contributed by atoms with Gasteiger partial charge in [-0.05, 0) is 33.3 Å². The lowest BCUT2D eigenvalue weighted by atomic mass is 10.1. The average molecular weight is 268 g/mol. The van der Waals surface area contributed by atoms with E-state index < -0.39 is 0 Å². The highest BCUT2D eigenvalue weighted by Gasteiger charge is 1.87. The molecule has 0 amide bonds. The molecule has 0 nitrogen and oxygen atoms in total. The van der Waals surface area contributed by atoms with E-state index in [2.05, 4.69) is 57.2 Å². The van der Waals surface area contributed by atoms with Gasteiger partial charge in [0.05, 0.1) is 0 Å². The summed E-state index contributed by atoms with van der Waals surface area (Å²) in [7, 11) is 0. The van der Waals surface area contributed by atoms with Crippen LogP contribution in [0.3, 0.4) is 0 Å². The molecule has 0 aliphatic heterocycles. The zero-order chi connectivity index (χ0) is 15.4. The van der Waals surface area contributed by atoms with Crippen LogP contribution in [0.2, 0.25) is 0 Å². The van der Waals surface area contributed by atoms with Gasteiger partial charge in [0.2, 0.25) is 0 Å². The molecule has 0 aliphatic carbocycles. The summed E-state index contributed by atoms with van der Waals surface area (Å²) >= 11 is 0. The van der Waals surface area contributed by atoms with E-state index in [-0.39, 0.29) is 0 Å². The van der Waals surface area contributed by atoms with Crippen LogP contribution in [-0.4, -0.2) is 0 Å². The van der Waals surface area contributed by atoms with E-state index in [0.717, 1.165) is 0 Å². The molecule has 0 atom stereocenters. The Kier molecular flexibility index (Phi) is 10.0. The maximum atomic E-state index is 2.19. The molecule has 108 valence electrons. The molecule has 0 aliphatic rings. The molecule has 2 aromatic carbocycles. The fourth-order valence-corrected chi connectivity index (χ4v) is 1.96. The third kappa shape index (κ3) is 8.31. The van der Waals surface area contributed by atoms with Gasteiger partial charge < -0.3 is 0 Å². The Bertz CT molecular complexity index is 442. The summed E-state index contributed by atoms with van der Waals surface area (Å²) in [5.41, 5.74) is 5.33. The second-order valence-electron chi connectivity index (χ2n) is 4.58. The van der Waals surface area contributed by atoms with Crippen molar-refractivity contribution in [1.29, 1.82) is 0 Å². The van der Waals surface area contributed by atoms with Crippen molar-refractivity contribution in [1.82, 2.24) is 0 Å². The van der Waals surface area contributed by atoms with Crippen LogP contribution in [0.1, 0.15) is 43.0 Å². The van der Waals surface area contributed by atoms with E-state index in [1.807, 2.05) is 45.0 Å². The van der Waals surface area contributed by atoms with E-state index >= 15 is 0 Å². The summed E-state index contributed by atoms with van der Waals surface area (Å²) in [4.78, 5) is 0. The van der Waals surface area contributed by atoms with Crippen molar-refractivity contribution >= 4 is 6.08 Å². The van der Waals surface area contributed by atoms with Crippen LogP contribution in [0.15, 0.2) is 54.6 Å². The van der Waals surface area contributed by atoms with Crippen LogP contribution in [0.4, 0.5) is 0 Å². The first-order valence-electron chi connectivity index (χ1n) is 7.34. The lowest BCUT2D eigenvalue weighted by Crippen LogP contribution is -1.78. The smallest absolute Gasteiger partial charge is 0.0260 e. The first-order chi connectivity index (χ1) is 9.61. The summed E-state index contributed by atoms with van der Waals surface area (Å²) in [5, 5.41) is 0. The van der Waals surface area contributed by atoms with E-state index in [1.165, 1.54) is 22.3 Å². The zero-order valence-electron chi connectivity index (χ0n) is 13.8. The maximum absolute atomic E-state index is 2.19. The predicted molar refractivity (Wildman–Crippen MR) is 93.2 cm³/mol. The molecule has 2 rings (SSSR count). The summed E-state index contributed by atoms with van der Waals surface area (Å²) in [5.74, 6) is 0. The molecular formula is C20H28. The van der Waals surface area contributed by atoms with Gasteiger partial charge in [0.1, 0.15) is 0 Å². The van der Waals surface area contributed by atoms with Crippen LogP contribution in [-0.2, 0) is 0 Å². The Hall–Kier alpha value is -1.82. The van der Waals surface area contributed by atoms with Gasteiger partial charge in [0.15, 0.2) is 0 Å². The third-order valence-electron chi connectivity index (χ3n) is 2.52. The van der Waals surface area contributed by atoms with Gasteiger partial charge in [-0.25, -0.2) is 0 Å². The molecule has 0 fully saturated rings. The van der Waals surface area contributed by atoms with Gasteiger partial charge in [-0.3, -0.25) is 0 Å². The van der Waals surface area contributed by atoms with Crippen LogP contribution in [0.5, 0.6) is 0 Å². The second kappa shape index (κ2) is 11.0. The minimum absolute atomic E-state index is 1.26. The highest BCUT2D eigenvalue weighted by Crippen LogP contribution is 2.06. The summed E-state index contributed by atoms with van der Waals surface area (Å²) in [6.07, 6.45) is 4.12. The third-order valence-corrected chi connectivity index (χ3v) is 2.52. The molecule has 0 heterocycles. The van der Waals surface area contributed by atoms with Gasteiger partial charge in [-0.2, -0.15) is 0 Å². The van der Waals surface area contributed by atoms with Crippen molar-refractivity contribution in [3.8, 4) is 0 Å². The van der Waals surface area contributed by atoms with Crippen LogP contribution in [0.25, 0.3) is 6.08 Å². The Balaban J connectivity index is 0.000000321. The number of hydrogen-bond acceptors (Lipinski definition) is 0. The molecule has 0 heteroatoms. The maximum Gasteiger partial charge on any atom is -0.0260 e. The molecule has 2 aromatic rings. The summed E-state index contributed by atoms with van der Waals surface area (Å²) < 4.78 is 0. The number of rotatable bonds is 1. The molecule has 0 unspecified atom stereocenters. The lowest BCUT2D eigenvalue weighted by Gasteiger charge is -1.96. The Morgan fingerprint density at radius 1 is 0.700 bits per heavy atom. The largest absolute Gasteiger partial charge is 0.0871 e. The van der Waals surface area contributed by atoms with Crippen molar-refractivity contribution in [3.05, 3.63) is 76.9 Å². The van der Waals surface area contributed by atoms with Crippen LogP contribution >= 0.6 is 0 Å². The first-order valence-corrected chi connectivity index (χ1v) is 7.34. The SMILES string of the molecule is C/C=C/c1ccccc1.CC.Cc1cc(C)cc(C)c1. The number of hydrogen-bond donors (Lipinski definition) is 0. The molecule has 20 heavy (non-hydrogen) atoms. The molecular weight excluding hydrogens is 240 g/mol. The number of allylic oxidation sites excluding steroid dienone is 1. The summed E-state index contributed by atoms with van der Waals surface area (Å²) in [6, 6.07) is 16.8. The van der Waals surface area contributed by atoms with Crippen molar-refractivity contribution in [2.24, 2.45) is 0 Å². The minimum atomic E-state index is 1.26. The van der Waals surface area contributed by atoms with E-state index in [1.54, 1.807) is 0 Å². The normalized spacial score (nSPS) is 9.30. The van der Waals surface area contributed by atoms with Crippen molar-refractivity contribution in [3.63, 3.8) is 0 Å². The molecule has 0 bridgehead atoms. The average Bonchev–Trinajstić information content (AvgIpc) is 2.42. The fourth-order valence-electron chi connectivity index (χ4n) is 1.96. The first kappa shape index (κ1) is 18.2. The molecule has 0 saturated heterocycles. The van der Waals surface area contributed by atoms with Gasteiger partial charge in [0.25, 0.3) is 0 Å². The lowest BCUT2D eigenvalue weighted by molar-refractivity contribution is 1.32. The summed E-state index contributed by atoms with van der Waals surface area (Å²) in [6.45, 7) is 12.4. The standard InChI is InChI=1S/C9H12.C9H10.C2H6/c1-7-4-8(2)6-9(3)5-7;1-2-6-9-7-4-3-5-8-9;1-2/h4-6H,1-3H3;2-8H,1H3;1-2H3/b;6-2+;. The van der Waals surface area contributed by atoms with Crippen molar-refractivity contribution in [2.75, 3.05) is 0 Å². The van der Waals surface area contributed by atoms with Crippen LogP contribution in [0, 0.1) is 20.8 Å². The van der Waals surface area contributed by atoms with E-state index in [4.69, 9.17) is 0 Å². The molecule has 0 spiro atoms. The molecule has 0 saturated carbocycles. The fraction of sp³-hybridized carbons (Fsp3) is 0.300. The highest BCUT2D eigenvalue weighted by molar-refractivity contribution is 5.47. The minimum Gasteiger partial charge on any atom is -0.0871 e. The van der Waals surface area contributed by atoms with Gasteiger partial charge in [0, 0.05) is 0 Å². The number of benzene rings is 2. The predicted octanol–water partition coefficient (Wildman–Crippen LogP) is 6.36. The Morgan fingerprint density at radius 3 is 1.45 bits per heavy atom. The van der Waals surface area contributed by atoms with E-state index in [9.17, 15) is 0 Å². The van der Waals surface area contributed by atoms with Crippen molar-refractivity contribution < 1.29 is 0 Å². The highest BCUT2D eigenvalue weighted by atomic mass is 13.9. The molecule has 0 N–H and O–H groups in total. The van der Waals surface area contributed by atoms with E-state index in [0.29, 0.717) is 0 Å². The van der Waals surface area contributed by atoms with Gasteiger partial charge >= 0.3 is 0 Å². The van der Waals surface area contributed by atoms with Gasteiger partial charge in [-0.15, -0.1) is 0 Å². The quantitative estimate of drug-likeness (QED) is 0.564. The molecule has 0 radical (unpaired) electrons. The molecule has 0 aromatic heterocycles. The van der Waals surface area contributed by atoms with Crippen LogP contribution < -0.4 is 0 Å². The topological polar surface area (TPSA) is 0 Å². The second-order valence-corrected chi connectivity index (χ2v) is 4.58. The van der Waals surface area contributed by atoms with Gasteiger partial charge in [-0.1, -0.05) is 91.2 Å². The Labute approximate surface area is 125 Å². The Morgan fingerprint density at radius 2 is 1.10 bits per heavy atom. The monoisotopic (exact) mass is 268 g/mol. The number of aryl methyl sites for hydroxylation is 3.